The average molecular weight is 352 g/mol. The maximum atomic E-state index is 4.14. The Morgan fingerprint density at radius 3 is 2.38 bits per heavy atom. The van der Waals surface area contributed by atoms with E-state index in [0.717, 1.165) is 19.3 Å². The number of allylic oxidation sites excluding steroid dienone is 4. The molecule has 0 aliphatic carbocycles. The van der Waals surface area contributed by atoms with Gasteiger partial charge in [-0.3, -0.25) is 0 Å². The van der Waals surface area contributed by atoms with Crippen LogP contribution in [0.15, 0.2) is 37.0 Å². The van der Waals surface area contributed by atoms with Crippen molar-refractivity contribution in [2.24, 2.45) is 11.3 Å². The van der Waals surface area contributed by atoms with Gasteiger partial charge in [0.05, 0.1) is 0 Å². The van der Waals surface area contributed by atoms with Gasteiger partial charge in [0.2, 0.25) is 0 Å². The zero-order chi connectivity index (χ0) is 15.9. The van der Waals surface area contributed by atoms with Gasteiger partial charge in [0.1, 0.15) is 0 Å². The van der Waals surface area contributed by atoms with Crippen molar-refractivity contribution in [1.29, 1.82) is 0 Å². The summed E-state index contributed by atoms with van der Waals surface area (Å²) in [5, 5.41) is 0. The van der Waals surface area contributed by atoms with Gasteiger partial charge < -0.3 is 0 Å². The van der Waals surface area contributed by atoms with Crippen LogP contribution in [0.2, 0.25) is 0 Å². The van der Waals surface area contributed by atoms with Gasteiger partial charge in [-0.1, -0.05) is 0 Å². The molecule has 1 fully saturated rings. The molecule has 0 radical (unpaired) electrons. The zero-order valence-electron chi connectivity index (χ0n) is 14.0. The molecule has 0 amide bonds. The van der Waals surface area contributed by atoms with Crippen LogP contribution in [-0.2, 0) is 0 Å². The first kappa shape index (κ1) is 18.5. The Labute approximate surface area is 139 Å². The van der Waals surface area contributed by atoms with Crippen molar-refractivity contribution >= 4 is 20.1 Å². The van der Waals surface area contributed by atoms with Gasteiger partial charge in [-0.15, -0.1) is 0 Å². The average Bonchev–Trinajstić information content (AvgIpc) is 2.97. The van der Waals surface area contributed by atoms with E-state index in [-0.39, 0.29) is 5.41 Å². The first-order valence-electron chi connectivity index (χ1n) is 8.11. The van der Waals surface area contributed by atoms with Crippen LogP contribution in [0.25, 0.3) is 0 Å². The maximum absolute atomic E-state index is 4.14. The molecule has 2 atom stereocenters. The van der Waals surface area contributed by atoms with Crippen LogP contribution in [-0.4, -0.2) is 38.1 Å². The first-order chi connectivity index (χ1) is 9.94. The summed E-state index contributed by atoms with van der Waals surface area (Å²) in [6.45, 7) is 17.2. The quantitative estimate of drug-likeness (QED) is 0.436. The third-order valence-electron chi connectivity index (χ3n) is 4.62. The van der Waals surface area contributed by atoms with E-state index in [1.807, 2.05) is 0 Å². The molecule has 0 aromatic rings. The summed E-state index contributed by atoms with van der Waals surface area (Å²) < 4.78 is 1.41. The molecule has 21 heavy (non-hydrogen) atoms. The predicted octanol–water partition coefficient (Wildman–Crippen LogP) is 4.51. The van der Waals surface area contributed by atoms with Gasteiger partial charge in [0.25, 0.3) is 0 Å². The van der Waals surface area contributed by atoms with Crippen LogP contribution in [0.5, 0.6) is 0 Å². The first-order valence-corrected chi connectivity index (χ1v) is 8.97. The van der Waals surface area contributed by atoms with E-state index in [0.29, 0.717) is 5.92 Å². The van der Waals surface area contributed by atoms with Crippen molar-refractivity contribution in [2.75, 3.05) is 13.1 Å². The summed E-state index contributed by atoms with van der Waals surface area (Å²) in [6, 6.07) is 0. The fourth-order valence-corrected chi connectivity index (χ4v) is 4.22. The fraction of sp³-hybridized carbons (Fsp3) is 0.632. The number of hydrogen-bond acceptors (Lipinski definition) is 1. The third kappa shape index (κ3) is 5.27. The van der Waals surface area contributed by atoms with Crippen molar-refractivity contribution in [3.05, 3.63) is 37.0 Å². The van der Waals surface area contributed by atoms with Crippen LogP contribution < -0.4 is 0 Å². The molecule has 2 heteroatoms. The molecule has 0 aromatic heterocycles. The van der Waals surface area contributed by atoms with Crippen molar-refractivity contribution in [3.63, 3.8) is 0 Å². The second-order valence-electron chi connectivity index (χ2n) is 6.64. The van der Waals surface area contributed by atoms with E-state index in [1.165, 1.54) is 36.0 Å². The van der Waals surface area contributed by atoms with Crippen molar-refractivity contribution < 1.29 is 0 Å². The Balaban J connectivity index is 2.86. The van der Waals surface area contributed by atoms with E-state index < -0.39 is 0 Å². The molecule has 0 spiro atoms. The summed E-state index contributed by atoms with van der Waals surface area (Å²) in [5.41, 5.74) is 1.51. The molecular weight excluding hydrogens is 321 g/mol. The summed E-state index contributed by atoms with van der Waals surface area (Å²) in [6.07, 6.45) is 12.4. The molecule has 1 rings (SSSR count). The molecule has 1 aliphatic rings. The molecule has 0 bridgehead atoms. The molecule has 118 valence electrons. The SMILES string of the molecule is C=CCC(C(=[Se])N1CCCC1)C(C)(C=C)CCC=C(C)C. The Morgan fingerprint density at radius 2 is 1.90 bits per heavy atom. The summed E-state index contributed by atoms with van der Waals surface area (Å²) in [4.78, 5) is 2.52. The standard InChI is InChI=1S/C19H31NSe/c1-6-11-17(18(21)20-14-8-9-15-20)19(5,7-2)13-10-12-16(3)4/h6-7,12,17H,1-2,8-11,13-15H2,3-5H3. The number of rotatable bonds is 9. The van der Waals surface area contributed by atoms with Gasteiger partial charge in [-0.25, -0.2) is 0 Å². The van der Waals surface area contributed by atoms with Gasteiger partial charge in [0.15, 0.2) is 0 Å². The van der Waals surface area contributed by atoms with Gasteiger partial charge in [-0.05, 0) is 0 Å². The van der Waals surface area contributed by atoms with Crippen LogP contribution in [0.3, 0.4) is 0 Å². The van der Waals surface area contributed by atoms with E-state index in [2.05, 4.69) is 72.6 Å². The second-order valence-corrected chi connectivity index (χ2v) is 7.52. The van der Waals surface area contributed by atoms with Crippen molar-refractivity contribution in [3.8, 4) is 0 Å². The van der Waals surface area contributed by atoms with Crippen molar-refractivity contribution in [2.45, 2.75) is 52.9 Å². The minimum absolute atomic E-state index is 0.114. The number of likely N-dealkylation sites (tertiary alicyclic amines) is 1. The summed E-state index contributed by atoms with van der Waals surface area (Å²) in [7, 11) is 0. The molecule has 1 nitrogen and oxygen atoms in total. The Morgan fingerprint density at radius 1 is 1.29 bits per heavy atom. The molecule has 1 heterocycles. The van der Waals surface area contributed by atoms with Gasteiger partial charge >= 0.3 is 139 Å². The number of nitrogens with zero attached hydrogens (tertiary/aromatic N) is 1. The second kappa shape index (κ2) is 8.76. The number of hydrogen-bond donors (Lipinski definition) is 0. The van der Waals surface area contributed by atoms with Crippen molar-refractivity contribution in [1.82, 2.24) is 4.90 Å². The fourth-order valence-electron chi connectivity index (χ4n) is 3.07. The minimum atomic E-state index is 0.114. The third-order valence-corrected chi connectivity index (χ3v) is 5.75. The molecule has 1 saturated heterocycles. The topological polar surface area (TPSA) is 3.24 Å². The molecule has 0 aromatic carbocycles. The zero-order valence-corrected chi connectivity index (χ0v) is 15.7. The van der Waals surface area contributed by atoms with Crippen LogP contribution >= 0.6 is 0 Å². The van der Waals surface area contributed by atoms with Gasteiger partial charge in [-0.2, -0.15) is 0 Å². The van der Waals surface area contributed by atoms with Crippen LogP contribution in [0.4, 0.5) is 0 Å². The van der Waals surface area contributed by atoms with E-state index >= 15 is 0 Å². The molecule has 1 aliphatic heterocycles. The molecular formula is C19H31NSe. The Bertz CT molecular complexity index is 400. The van der Waals surface area contributed by atoms with Gasteiger partial charge in [0, 0.05) is 0 Å². The summed E-state index contributed by atoms with van der Waals surface area (Å²) >= 11 is 3.37. The van der Waals surface area contributed by atoms with Crippen LogP contribution in [0, 0.1) is 11.3 Å². The van der Waals surface area contributed by atoms with E-state index in [1.54, 1.807) is 0 Å². The Hall–Kier alpha value is -0.591. The molecule has 0 saturated carbocycles. The van der Waals surface area contributed by atoms with Crippen LogP contribution in [0.1, 0.15) is 52.9 Å². The molecule has 2 unspecified atom stereocenters. The summed E-state index contributed by atoms with van der Waals surface area (Å²) in [5.74, 6) is 0.469. The van der Waals surface area contributed by atoms with E-state index in [9.17, 15) is 0 Å². The van der Waals surface area contributed by atoms with E-state index in [4.69, 9.17) is 0 Å². The molecule has 0 N–H and O–H groups in total. The Kier molecular flexibility index (Phi) is 7.70. The monoisotopic (exact) mass is 353 g/mol. The predicted molar refractivity (Wildman–Crippen MR) is 96.8 cm³/mol. The normalized spacial score (nSPS) is 18.7.